The molecule has 1 aliphatic rings. The summed E-state index contributed by atoms with van der Waals surface area (Å²) in [6.07, 6.45) is 1.63. The predicted molar refractivity (Wildman–Crippen MR) is 121 cm³/mol. The van der Waals surface area contributed by atoms with Gasteiger partial charge in [0, 0.05) is 6.07 Å². The van der Waals surface area contributed by atoms with Gasteiger partial charge in [-0.3, -0.25) is 4.79 Å². The van der Waals surface area contributed by atoms with Gasteiger partial charge in [0.2, 0.25) is 5.78 Å². The SMILES string of the molecule is COc1ccc(C=C2Oc3cc(OCC(=O)OCc4ccccc4)ccc3C2=O)cc1OC. The molecule has 0 atom stereocenters. The Bertz CT molecular complexity index is 1200. The Kier molecular flexibility index (Phi) is 6.59. The minimum Gasteiger partial charge on any atom is -0.493 e. The minimum atomic E-state index is -0.495. The lowest BCUT2D eigenvalue weighted by Gasteiger charge is -2.08. The summed E-state index contributed by atoms with van der Waals surface area (Å²) in [4.78, 5) is 24.7. The molecule has 0 amide bonds. The van der Waals surface area contributed by atoms with Crippen molar-refractivity contribution >= 4 is 17.8 Å². The molecule has 7 heteroatoms. The van der Waals surface area contributed by atoms with Gasteiger partial charge in [0.25, 0.3) is 0 Å². The average molecular weight is 446 g/mol. The van der Waals surface area contributed by atoms with Gasteiger partial charge in [-0.05, 0) is 41.5 Å². The van der Waals surface area contributed by atoms with Crippen molar-refractivity contribution in [3.8, 4) is 23.0 Å². The number of fused-ring (bicyclic) bond motifs is 1. The van der Waals surface area contributed by atoms with Gasteiger partial charge in [-0.25, -0.2) is 4.79 Å². The fraction of sp³-hybridized carbons (Fsp3) is 0.154. The summed E-state index contributed by atoms with van der Waals surface area (Å²) in [7, 11) is 3.10. The maximum atomic E-state index is 12.7. The van der Waals surface area contributed by atoms with Crippen molar-refractivity contribution in [1.29, 1.82) is 0 Å². The highest BCUT2D eigenvalue weighted by molar-refractivity contribution is 6.14. The number of benzene rings is 3. The van der Waals surface area contributed by atoms with Crippen LogP contribution in [0.4, 0.5) is 0 Å². The molecule has 0 N–H and O–H groups in total. The molecule has 0 saturated carbocycles. The van der Waals surface area contributed by atoms with Crippen molar-refractivity contribution in [2.45, 2.75) is 6.61 Å². The number of methoxy groups -OCH3 is 2. The lowest BCUT2D eigenvalue weighted by Crippen LogP contribution is -2.14. The molecule has 1 heterocycles. The lowest BCUT2D eigenvalue weighted by molar-refractivity contribution is -0.147. The molecule has 0 aliphatic carbocycles. The summed E-state index contributed by atoms with van der Waals surface area (Å²) < 4.78 is 27.0. The van der Waals surface area contributed by atoms with Gasteiger partial charge in [0.05, 0.1) is 19.8 Å². The molecular weight excluding hydrogens is 424 g/mol. The maximum Gasteiger partial charge on any atom is 0.344 e. The first-order valence-electron chi connectivity index (χ1n) is 10.2. The van der Waals surface area contributed by atoms with Crippen molar-refractivity contribution in [3.05, 3.63) is 89.2 Å². The standard InChI is InChI=1S/C26H22O7/c1-29-21-11-8-18(12-23(21)30-2)13-24-26(28)20-10-9-19(14-22(20)33-24)31-16-25(27)32-15-17-6-4-3-5-7-17/h3-14H,15-16H2,1-2H3. The Morgan fingerprint density at radius 1 is 0.939 bits per heavy atom. The summed E-state index contributed by atoms with van der Waals surface area (Å²) >= 11 is 0. The Morgan fingerprint density at radius 3 is 2.48 bits per heavy atom. The third-order valence-corrected chi connectivity index (χ3v) is 4.95. The van der Waals surface area contributed by atoms with E-state index in [1.54, 1.807) is 56.7 Å². The van der Waals surface area contributed by atoms with E-state index in [-0.39, 0.29) is 24.8 Å². The summed E-state index contributed by atoms with van der Waals surface area (Å²) in [5, 5.41) is 0. The van der Waals surface area contributed by atoms with E-state index in [2.05, 4.69) is 0 Å². The summed E-state index contributed by atoms with van der Waals surface area (Å²) in [6, 6.07) is 19.5. The van der Waals surface area contributed by atoms with E-state index in [4.69, 9.17) is 23.7 Å². The first-order chi connectivity index (χ1) is 16.1. The lowest BCUT2D eigenvalue weighted by atomic mass is 10.1. The van der Waals surface area contributed by atoms with Gasteiger partial charge in [0.15, 0.2) is 23.9 Å². The molecular formula is C26H22O7. The molecule has 0 unspecified atom stereocenters. The second-order valence-electron chi connectivity index (χ2n) is 7.15. The van der Waals surface area contributed by atoms with Crippen LogP contribution in [0, 0.1) is 0 Å². The van der Waals surface area contributed by atoms with Crippen molar-refractivity contribution in [3.63, 3.8) is 0 Å². The topological polar surface area (TPSA) is 80.3 Å². The molecule has 168 valence electrons. The third kappa shape index (κ3) is 5.15. The molecule has 0 bridgehead atoms. The molecule has 0 aromatic heterocycles. The molecule has 7 nitrogen and oxygen atoms in total. The molecule has 4 rings (SSSR count). The number of carbonyl (C=O) groups excluding carboxylic acids is 2. The van der Waals surface area contributed by atoms with Crippen molar-refractivity contribution in [2.24, 2.45) is 0 Å². The Hall–Kier alpha value is -4.26. The smallest absolute Gasteiger partial charge is 0.344 e. The highest BCUT2D eigenvalue weighted by Gasteiger charge is 2.28. The normalized spacial score (nSPS) is 13.3. The monoisotopic (exact) mass is 446 g/mol. The van der Waals surface area contributed by atoms with E-state index in [9.17, 15) is 9.59 Å². The van der Waals surface area contributed by atoms with Crippen LogP contribution in [0.5, 0.6) is 23.0 Å². The Labute approximate surface area is 191 Å². The van der Waals surface area contributed by atoms with E-state index < -0.39 is 5.97 Å². The van der Waals surface area contributed by atoms with E-state index in [0.29, 0.717) is 28.6 Å². The van der Waals surface area contributed by atoms with Gasteiger partial charge < -0.3 is 23.7 Å². The zero-order chi connectivity index (χ0) is 23.2. The number of carbonyl (C=O) groups is 2. The number of rotatable bonds is 8. The van der Waals surface area contributed by atoms with Gasteiger partial charge in [-0.15, -0.1) is 0 Å². The summed E-state index contributed by atoms with van der Waals surface area (Å²) in [5.74, 6) is 1.33. The molecule has 3 aromatic carbocycles. The molecule has 0 spiro atoms. The van der Waals surface area contributed by atoms with Gasteiger partial charge in [0.1, 0.15) is 18.1 Å². The summed E-state index contributed by atoms with van der Waals surface area (Å²) in [5.41, 5.74) is 2.03. The number of Topliss-reactive ketones (excluding diaryl/α,β-unsaturated/α-hetero) is 1. The van der Waals surface area contributed by atoms with Crippen LogP contribution in [0.2, 0.25) is 0 Å². The number of esters is 1. The fourth-order valence-corrected chi connectivity index (χ4v) is 3.27. The van der Waals surface area contributed by atoms with Crippen LogP contribution in [0.15, 0.2) is 72.5 Å². The highest BCUT2D eigenvalue weighted by atomic mass is 16.6. The quantitative estimate of drug-likeness (QED) is 0.374. The van der Waals surface area contributed by atoms with Gasteiger partial charge in [-0.1, -0.05) is 36.4 Å². The molecule has 33 heavy (non-hydrogen) atoms. The van der Waals surface area contributed by atoms with Crippen molar-refractivity contribution < 1.29 is 33.3 Å². The second kappa shape index (κ2) is 9.91. The number of ketones is 1. The molecule has 3 aromatic rings. The number of ether oxygens (including phenoxy) is 5. The number of allylic oxidation sites excluding steroid dienone is 1. The molecule has 0 saturated heterocycles. The zero-order valence-electron chi connectivity index (χ0n) is 18.2. The van der Waals surface area contributed by atoms with Crippen molar-refractivity contribution in [1.82, 2.24) is 0 Å². The van der Waals surface area contributed by atoms with E-state index in [0.717, 1.165) is 11.1 Å². The van der Waals surface area contributed by atoms with E-state index in [1.807, 2.05) is 30.3 Å². The largest absolute Gasteiger partial charge is 0.493 e. The fourth-order valence-electron chi connectivity index (χ4n) is 3.27. The molecule has 1 aliphatic heterocycles. The number of hydrogen-bond donors (Lipinski definition) is 0. The van der Waals surface area contributed by atoms with Gasteiger partial charge >= 0.3 is 5.97 Å². The van der Waals surface area contributed by atoms with Crippen LogP contribution >= 0.6 is 0 Å². The van der Waals surface area contributed by atoms with Crippen LogP contribution in [-0.2, 0) is 16.1 Å². The third-order valence-electron chi connectivity index (χ3n) is 4.95. The van der Waals surface area contributed by atoms with Crippen LogP contribution in [0.25, 0.3) is 6.08 Å². The zero-order valence-corrected chi connectivity index (χ0v) is 18.2. The molecule has 0 radical (unpaired) electrons. The van der Waals surface area contributed by atoms with Crippen molar-refractivity contribution in [2.75, 3.05) is 20.8 Å². The first kappa shape index (κ1) is 22.0. The van der Waals surface area contributed by atoms with Crippen LogP contribution in [0.3, 0.4) is 0 Å². The summed E-state index contributed by atoms with van der Waals surface area (Å²) in [6.45, 7) is -0.0803. The Morgan fingerprint density at radius 2 is 1.73 bits per heavy atom. The van der Waals surface area contributed by atoms with Crippen LogP contribution in [0.1, 0.15) is 21.5 Å². The predicted octanol–water partition coefficient (Wildman–Crippen LogP) is 4.44. The molecule has 0 fully saturated rings. The second-order valence-corrected chi connectivity index (χ2v) is 7.15. The van der Waals surface area contributed by atoms with E-state index >= 15 is 0 Å². The number of hydrogen-bond acceptors (Lipinski definition) is 7. The van der Waals surface area contributed by atoms with E-state index in [1.165, 1.54) is 0 Å². The van der Waals surface area contributed by atoms with Crippen LogP contribution < -0.4 is 18.9 Å². The Balaban J connectivity index is 1.39. The average Bonchev–Trinajstić information content (AvgIpc) is 3.16. The van der Waals surface area contributed by atoms with Gasteiger partial charge in [-0.2, -0.15) is 0 Å². The highest BCUT2D eigenvalue weighted by Crippen LogP contribution is 2.36. The first-order valence-corrected chi connectivity index (χ1v) is 10.2. The minimum absolute atomic E-state index is 0.176. The van der Waals surface area contributed by atoms with Crippen LogP contribution in [-0.4, -0.2) is 32.6 Å². The maximum absolute atomic E-state index is 12.7.